The number of aromatic nitrogens is 3. The quantitative estimate of drug-likeness (QED) is 0.709. The fraction of sp³-hybridized carbons (Fsp3) is 0.200. The van der Waals surface area contributed by atoms with Gasteiger partial charge in [-0.1, -0.05) is 18.5 Å². The van der Waals surface area contributed by atoms with Crippen molar-refractivity contribution in [3.05, 3.63) is 41.7 Å². The summed E-state index contributed by atoms with van der Waals surface area (Å²) < 4.78 is 2.01. The van der Waals surface area contributed by atoms with Crippen molar-refractivity contribution in [1.29, 1.82) is 0 Å². The number of aryl methyl sites for hydroxylation is 1. The second-order valence-corrected chi connectivity index (χ2v) is 3.29. The van der Waals surface area contributed by atoms with Gasteiger partial charge in [0.2, 0.25) is 0 Å². The third kappa shape index (κ3) is 1.63. The second-order valence-electron chi connectivity index (χ2n) is 2.90. The molecule has 0 saturated heterocycles. The standard InChI is InChI=1S/C10H10ClN3/c1-2-10-13-5-6-14(10)8-3-4-12-9(11)7-8/h3-7H,2H2,1H3. The van der Waals surface area contributed by atoms with Crippen LogP contribution in [-0.4, -0.2) is 14.5 Å². The third-order valence-electron chi connectivity index (χ3n) is 2.02. The molecular weight excluding hydrogens is 198 g/mol. The first-order valence-electron chi connectivity index (χ1n) is 4.45. The summed E-state index contributed by atoms with van der Waals surface area (Å²) in [6, 6.07) is 3.73. The van der Waals surface area contributed by atoms with E-state index in [9.17, 15) is 0 Å². The first-order chi connectivity index (χ1) is 6.81. The van der Waals surface area contributed by atoms with Crippen molar-refractivity contribution >= 4 is 11.6 Å². The first-order valence-corrected chi connectivity index (χ1v) is 4.83. The molecule has 0 aliphatic rings. The normalized spacial score (nSPS) is 10.4. The lowest BCUT2D eigenvalue weighted by molar-refractivity contribution is 0.889. The van der Waals surface area contributed by atoms with E-state index in [4.69, 9.17) is 11.6 Å². The van der Waals surface area contributed by atoms with Crippen molar-refractivity contribution in [1.82, 2.24) is 14.5 Å². The van der Waals surface area contributed by atoms with Crippen LogP contribution in [0.15, 0.2) is 30.7 Å². The first kappa shape index (κ1) is 9.21. The fourth-order valence-corrected chi connectivity index (χ4v) is 1.54. The SMILES string of the molecule is CCc1nccn1-c1ccnc(Cl)c1. The van der Waals surface area contributed by atoms with Crippen LogP contribution < -0.4 is 0 Å². The molecule has 0 fully saturated rings. The monoisotopic (exact) mass is 207 g/mol. The molecule has 0 aliphatic carbocycles. The molecule has 4 heteroatoms. The van der Waals surface area contributed by atoms with E-state index in [2.05, 4.69) is 16.9 Å². The van der Waals surface area contributed by atoms with E-state index in [1.54, 1.807) is 12.4 Å². The van der Waals surface area contributed by atoms with E-state index in [0.29, 0.717) is 5.15 Å². The molecule has 14 heavy (non-hydrogen) atoms. The summed E-state index contributed by atoms with van der Waals surface area (Å²) in [4.78, 5) is 8.18. The summed E-state index contributed by atoms with van der Waals surface area (Å²) in [7, 11) is 0. The maximum Gasteiger partial charge on any atom is 0.131 e. The highest BCUT2D eigenvalue weighted by molar-refractivity contribution is 6.29. The summed E-state index contributed by atoms with van der Waals surface area (Å²) in [5.41, 5.74) is 0.999. The summed E-state index contributed by atoms with van der Waals surface area (Å²) in [6.07, 6.45) is 6.29. The van der Waals surface area contributed by atoms with Gasteiger partial charge >= 0.3 is 0 Å². The van der Waals surface area contributed by atoms with Crippen LogP contribution >= 0.6 is 11.6 Å². The molecular formula is C10H10ClN3. The average Bonchev–Trinajstić information content (AvgIpc) is 2.65. The zero-order valence-electron chi connectivity index (χ0n) is 7.81. The Balaban J connectivity index is 2.49. The van der Waals surface area contributed by atoms with E-state index in [1.807, 2.05) is 22.9 Å². The minimum atomic E-state index is 0.498. The molecule has 72 valence electrons. The van der Waals surface area contributed by atoms with Crippen molar-refractivity contribution < 1.29 is 0 Å². The number of imidazole rings is 1. The molecule has 0 bridgehead atoms. The number of pyridine rings is 1. The van der Waals surface area contributed by atoms with Gasteiger partial charge in [-0.2, -0.15) is 0 Å². The molecule has 2 heterocycles. The maximum absolute atomic E-state index is 5.81. The van der Waals surface area contributed by atoms with Gasteiger partial charge in [-0.15, -0.1) is 0 Å². The summed E-state index contributed by atoms with van der Waals surface area (Å²) >= 11 is 5.81. The smallest absolute Gasteiger partial charge is 0.131 e. The van der Waals surface area contributed by atoms with Gasteiger partial charge < -0.3 is 4.57 Å². The lowest BCUT2D eigenvalue weighted by Crippen LogP contribution is -1.98. The third-order valence-corrected chi connectivity index (χ3v) is 2.23. The van der Waals surface area contributed by atoms with Crippen molar-refractivity contribution in [2.75, 3.05) is 0 Å². The molecule has 2 aromatic rings. The number of hydrogen-bond acceptors (Lipinski definition) is 2. The van der Waals surface area contributed by atoms with Gasteiger partial charge in [-0.3, -0.25) is 0 Å². The topological polar surface area (TPSA) is 30.7 Å². The molecule has 0 spiro atoms. The molecule has 0 aliphatic heterocycles. The lowest BCUT2D eigenvalue weighted by Gasteiger charge is -2.05. The largest absolute Gasteiger partial charge is 0.304 e. The molecule has 0 atom stereocenters. The minimum absolute atomic E-state index is 0.498. The number of rotatable bonds is 2. The molecule has 0 radical (unpaired) electrons. The maximum atomic E-state index is 5.81. The van der Waals surface area contributed by atoms with Gasteiger partial charge in [-0.05, 0) is 12.1 Å². The summed E-state index contributed by atoms with van der Waals surface area (Å²) in [6.45, 7) is 2.07. The Labute approximate surface area is 87.4 Å². The Morgan fingerprint density at radius 1 is 1.36 bits per heavy atom. The average molecular weight is 208 g/mol. The Bertz CT molecular complexity index is 436. The highest BCUT2D eigenvalue weighted by Crippen LogP contribution is 2.13. The van der Waals surface area contributed by atoms with Crippen LogP contribution in [0.2, 0.25) is 5.15 Å². The van der Waals surface area contributed by atoms with Crippen LogP contribution in [-0.2, 0) is 6.42 Å². The van der Waals surface area contributed by atoms with Gasteiger partial charge in [0.25, 0.3) is 0 Å². The fourth-order valence-electron chi connectivity index (χ4n) is 1.37. The zero-order chi connectivity index (χ0) is 9.97. The Morgan fingerprint density at radius 2 is 2.21 bits per heavy atom. The van der Waals surface area contributed by atoms with Gasteiger partial charge in [0.15, 0.2) is 0 Å². The molecule has 0 unspecified atom stereocenters. The molecule has 0 N–H and O–H groups in total. The molecule has 0 aromatic carbocycles. The molecule has 2 rings (SSSR count). The Hall–Kier alpha value is -1.35. The van der Waals surface area contributed by atoms with E-state index >= 15 is 0 Å². The molecule has 2 aromatic heterocycles. The van der Waals surface area contributed by atoms with Crippen LogP contribution in [0.4, 0.5) is 0 Å². The van der Waals surface area contributed by atoms with Crippen molar-refractivity contribution in [3.63, 3.8) is 0 Å². The lowest BCUT2D eigenvalue weighted by atomic mass is 10.3. The highest BCUT2D eigenvalue weighted by atomic mass is 35.5. The van der Waals surface area contributed by atoms with E-state index in [0.717, 1.165) is 17.9 Å². The van der Waals surface area contributed by atoms with Gasteiger partial charge in [-0.25, -0.2) is 9.97 Å². The number of nitrogens with zero attached hydrogens (tertiary/aromatic N) is 3. The van der Waals surface area contributed by atoms with Gasteiger partial charge in [0.1, 0.15) is 11.0 Å². The van der Waals surface area contributed by atoms with E-state index in [1.165, 1.54) is 0 Å². The highest BCUT2D eigenvalue weighted by Gasteiger charge is 2.02. The van der Waals surface area contributed by atoms with Crippen LogP contribution in [0.1, 0.15) is 12.7 Å². The predicted octanol–water partition coefficient (Wildman–Crippen LogP) is 2.48. The molecule has 3 nitrogen and oxygen atoms in total. The van der Waals surface area contributed by atoms with Crippen molar-refractivity contribution in [3.8, 4) is 5.69 Å². The van der Waals surface area contributed by atoms with Crippen LogP contribution in [0, 0.1) is 0 Å². The number of hydrogen-bond donors (Lipinski definition) is 0. The minimum Gasteiger partial charge on any atom is -0.304 e. The Morgan fingerprint density at radius 3 is 2.93 bits per heavy atom. The number of halogens is 1. The summed E-state index contributed by atoms with van der Waals surface area (Å²) in [5, 5.41) is 0.498. The second kappa shape index (κ2) is 3.80. The molecule has 0 saturated carbocycles. The van der Waals surface area contributed by atoms with Crippen molar-refractivity contribution in [2.45, 2.75) is 13.3 Å². The Kier molecular flexibility index (Phi) is 2.50. The molecule has 0 amide bonds. The van der Waals surface area contributed by atoms with Gasteiger partial charge in [0.05, 0.1) is 5.69 Å². The van der Waals surface area contributed by atoms with Crippen LogP contribution in [0.3, 0.4) is 0 Å². The van der Waals surface area contributed by atoms with E-state index < -0.39 is 0 Å². The summed E-state index contributed by atoms with van der Waals surface area (Å²) in [5.74, 6) is 1.02. The van der Waals surface area contributed by atoms with Crippen LogP contribution in [0.5, 0.6) is 0 Å². The van der Waals surface area contributed by atoms with Crippen molar-refractivity contribution in [2.24, 2.45) is 0 Å². The van der Waals surface area contributed by atoms with E-state index in [-0.39, 0.29) is 0 Å². The van der Waals surface area contributed by atoms with Crippen LogP contribution in [0.25, 0.3) is 5.69 Å². The predicted molar refractivity (Wildman–Crippen MR) is 55.7 cm³/mol. The van der Waals surface area contributed by atoms with Gasteiger partial charge in [0, 0.05) is 25.0 Å². The zero-order valence-corrected chi connectivity index (χ0v) is 8.57.